The number of benzene rings is 1. The van der Waals surface area contributed by atoms with E-state index in [-0.39, 0.29) is 11.7 Å². The van der Waals surface area contributed by atoms with Crippen molar-refractivity contribution in [3.05, 3.63) is 83.1 Å². The molecule has 32 heavy (non-hydrogen) atoms. The number of halogens is 1. The third kappa shape index (κ3) is 4.78. The van der Waals surface area contributed by atoms with Crippen LogP contribution in [0.2, 0.25) is 0 Å². The average molecular weight is 449 g/mol. The van der Waals surface area contributed by atoms with Crippen molar-refractivity contribution in [2.75, 3.05) is 11.4 Å². The summed E-state index contributed by atoms with van der Waals surface area (Å²) in [6, 6.07) is 9.85. The van der Waals surface area contributed by atoms with Gasteiger partial charge in [-0.2, -0.15) is 0 Å². The Bertz CT molecular complexity index is 1210. The van der Waals surface area contributed by atoms with Gasteiger partial charge in [0.2, 0.25) is 0 Å². The summed E-state index contributed by atoms with van der Waals surface area (Å²) in [5.74, 6) is 0.134. The molecule has 3 aromatic heterocycles. The fourth-order valence-electron chi connectivity index (χ4n) is 3.16. The number of anilines is 2. The van der Waals surface area contributed by atoms with Crippen LogP contribution in [0.3, 0.4) is 0 Å². The molecule has 9 heteroatoms. The number of aryl methyl sites for hydroxylation is 1. The molecule has 1 amide bonds. The molecule has 0 saturated heterocycles. The molecule has 0 atom stereocenters. The van der Waals surface area contributed by atoms with E-state index in [2.05, 4.69) is 20.3 Å². The van der Waals surface area contributed by atoms with Crippen molar-refractivity contribution >= 4 is 28.7 Å². The van der Waals surface area contributed by atoms with Crippen molar-refractivity contribution in [2.45, 2.75) is 20.4 Å². The Kier molecular flexibility index (Phi) is 6.46. The summed E-state index contributed by atoms with van der Waals surface area (Å²) in [6.07, 6.45) is 6.82. The molecule has 4 rings (SSSR count). The lowest BCUT2D eigenvalue weighted by Crippen LogP contribution is -2.22. The molecule has 0 aliphatic carbocycles. The Labute approximate surface area is 189 Å². The summed E-state index contributed by atoms with van der Waals surface area (Å²) >= 11 is 1.27. The smallest absolute Gasteiger partial charge is 0.263 e. The number of nitrogens with zero attached hydrogens (tertiary/aromatic N) is 5. The molecule has 3 heterocycles. The Morgan fingerprint density at radius 1 is 1.09 bits per heavy atom. The second kappa shape index (κ2) is 9.61. The van der Waals surface area contributed by atoms with Gasteiger partial charge in [-0.15, -0.1) is 11.3 Å². The molecule has 0 bridgehead atoms. The number of carbonyl (C=O) groups excluding carboxylic acids is 1. The minimum absolute atomic E-state index is 0.231. The molecule has 0 saturated carbocycles. The van der Waals surface area contributed by atoms with Gasteiger partial charge >= 0.3 is 0 Å². The Morgan fingerprint density at radius 3 is 2.62 bits per heavy atom. The molecule has 0 spiro atoms. The molecule has 4 aromatic rings. The molecule has 162 valence electrons. The standard InChI is InChI=1S/C23H21FN6OS/c1-3-30(18-5-4-10-25-12-18)20-14-26-13-19(29-20)23-28-15(2)21(32-23)22(31)27-11-16-6-8-17(24)9-7-16/h4-10,12-14H,3,11H2,1-2H3,(H,27,31). The molecule has 0 aliphatic rings. The van der Waals surface area contributed by atoms with Crippen LogP contribution >= 0.6 is 11.3 Å². The molecule has 7 nitrogen and oxygen atoms in total. The number of carbonyl (C=O) groups is 1. The van der Waals surface area contributed by atoms with Crippen molar-refractivity contribution in [3.63, 3.8) is 0 Å². The quantitative estimate of drug-likeness (QED) is 0.447. The third-order valence-corrected chi connectivity index (χ3v) is 5.94. The first-order valence-electron chi connectivity index (χ1n) is 10.0. The molecule has 0 unspecified atom stereocenters. The van der Waals surface area contributed by atoms with E-state index in [1.54, 1.807) is 43.8 Å². The molecule has 0 aliphatic heterocycles. The summed E-state index contributed by atoms with van der Waals surface area (Å²) in [5, 5.41) is 3.48. The second-order valence-corrected chi connectivity index (χ2v) is 7.96. The third-order valence-electron chi connectivity index (χ3n) is 4.76. The minimum Gasteiger partial charge on any atom is -0.347 e. The predicted molar refractivity (Wildman–Crippen MR) is 122 cm³/mol. The zero-order valence-corrected chi connectivity index (χ0v) is 18.4. The fourth-order valence-corrected chi connectivity index (χ4v) is 4.10. The van der Waals surface area contributed by atoms with Crippen LogP contribution in [0.25, 0.3) is 10.7 Å². The van der Waals surface area contributed by atoms with Gasteiger partial charge in [-0.05, 0) is 43.7 Å². The maximum atomic E-state index is 13.1. The summed E-state index contributed by atoms with van der Waals surface area (Å²) in [4.78, 5) is 33.0. The highest BCUT2D eigenvalue weighted by atomic mass is 32.1. The largest absolute Gasteiger partial charge is 0.347 e. The van der Waals surface area contributed by atoms with Crippen LogP contribution in [0.15, 0.2) is 61.2 Å². The first-order chi connectivity index (χ1) is 15.5. The van der Waals surface area contributed by atoms with E-state index in [1.807, 2.05) is 24.0 Å². The molecule has 1 N–H and O–H groups in total. The second-order valence-electron chi connectivity index (χ2n) is 6.96. The number of amides is 1. The summed E-state index contributed by atoms with van der Waals surface area (Å²) in [7, 11) is 0. The topological polar surface area (TPSA) is 83.9 Å². The number of hydrogen-bond acceptors (Lipinski definition) is 7. The van der Waals surface area contributed by atoms with Crippen LogP contribution < -0.4 is 10.2 Å². The maximum absolute atomic E-state index is 13.1. The number of nitrogens with one attached hydrogen (secondary N) is 1. The van der Waals surface area contributed by atoms with Crippen molar-refractivity contribution in [3.8, 4) is 10.7 Å². The highest BCUT2D eigenvalue weighted by Gasteiger charge is 2.18. The highest BCUT2D eigenvalue weighted by Crippen LogP contribution is 2.29. The van der Waals surface area contributed by atoms with Gasteiger partial charge in [0, 0.05) is 19.3 Å². The summed E-state index contributed by atoms with van der Waals surface area (Å²) in [6.45, 7) is 4.81. The van der Waals surface area contributed by atoms with E-state index in [1.165, 1.54) is 23.5 Å². The Balaban J connectivity index is 1.54. The number of hydrogen-bond donors (Lipinski definition) is 1. The lowest BCUT2D eigenvalue weighted by molar-refractivity contribution is 0.0954. The van der Waals surface area contributed by atoms with E-state index in [9.17, 15) is 9.18 Å². The van der Waals surface area contributed by atoms with E-state index < -0.39 is 0 Å². The number of thiazole rings is 1. The van der Waals surface area contributed by atoms with E-state index in [0.29, 0.717) is 40.2 Å². The van der Waals surface area contributed by atoms with Gasteiger partial charge in [-0.3, -0.25) is 14.8 Å². The van der Waals surface area contributed by atoms with Crippen LogP contribution in [-0.2, 0) is 6.54 Å². The summed E-state index contributed by atoms with van der Waals surface area (Å²) < 4.78 is 13.1. The normalized spacial score (nSPS) is 10.7. The van der Waals surface area contributed by atoms with Gasteiger partial charge in [0.25, 0.3) is 5.91 Å². The zero-order valence-electron chi connectivity index (χ0n) is 17.6. The van der Waals surface area contributed by atoms with E-state index in [0.717, 1.165) is 11.3 Å². The molecule has 1 aromatic carbocycles. The van der Waals surface area contributed by atoms with Crippen LogP contribution in [0.1, 0.15) is 27.9 Å². The van der Waals surface area contributed by atoms with Crippen molar-refractivity contribution in [1.82, 2.24) is 25.3 Å². The lowest BCUT2D eigenvalue weighted by Gasteiger charge is -2.21. The SMILES string of the molecule is CCN(c1cccnc1)c1cncc(-c2nc(C)c(C(=O)NCc3ccc(F)cc3)s2)n1. The Hall–Kier alpha value is -3.72. The molecular weight excluding hydrogens is 427 g/mol. The van der Waals surface area contributed by atoms with E-state index in [4.69, 9.17) is 4.98 Å². The first kappa shape index (κ1) is 21.5. The van der Waals surface area contributed by atoms with Crippen LogP contribution in [0, 0.1) is 12.7 Å². The zero-order chi connectivity index (χ0) is 22.5. The van der Waals surface area contributed by atoms with Crippen molar-refractivity contribution in [1.29, 1.82) is 0 Å². The van der Waals surface area contributed by atoms with Gasteiger partial charge in [-0.1, -0.05) is 12.1 Å². The highest BCUT2D eigenvalue weighted by molar-refractivity contribution is 7.17. The van der Waals surface area contributed by atoms with Crippen molar-refractivity contribution < 1.29 is 9.18 Å². The van der Waals surface area contributed by atoms with Gasteiger partial charge in [-0.25, -0.2) is 14.4 Å². The van der Waals surface area contributed by atoms with E-state index >= 15 is 0 Å². The number of rotatable bonds is 7. The van der Waals surface area contributed by atoms with Crippen LogP contribution in [0.5, 0.6) is 0 Å². The number of pyridine rings is 1. The van der Waals surface area contributed by atoms with Crippen LogP contribution in [0.4, 0.5) is 15.9 Å². The summed E-state index contributed by atoms with van der Waals surface area (Å²) in [5.41, 5.74) is 2.94. The van der Waals surface area contributed by atoms with Gasteiger partial charge in [0.15, 0.2) is 5.82 Å². The molecule has 0 radical (unpaired) electrons. The van der Waals surface area contributed by atoms with Crippen molar-refractivity contribution in [2.24, 2.45) is 0 Å². The lowest BCUT2D eigenvalue weighted by atomic mass is 10.2. The first-order valence-corrected chi connectivity index (χ1v) is 10.9. The number of aromatic nitrogens is 4. The predicted octanol–water partition coefficient (Wildman–Crippen LogP) is 4.53. The fraction of sp³-hybridized carbons (Fsp3) is 0.174. The monoisotopic (exact) mass is 448 g/mol. The van der Waals surface area contributed by atoms with Gasteiger partial charge in [0.1, 0.15) is 21.4 Å². The minimum atomic E-state index is -0.309. The van der Waals surface area contributed by atoms with Gasteiger partial charge < -0.3 is 10.2 Å². The Morgan fingerprint density at radius 2 is 1.91 bits per heavy atom. The van der Waals surface area contributed by atoms with Crippen LogP contribution in [-0.4, -0.2) is 32.4 Å². The molecule has 0 fully saturated rings. The maximum Gasteiger partial charge on any atom is 0.263 e. The van der Waals surface area contributed by atoms with Gasteiger partial charge in [0.05, 0.1) is 30.0 Å². The molecular formula is C23H21FN6OS. The average Bonchev–Trinajstić information content (AvgIpc) is 3.22.